The fourth-order valence-electron chi connectivity index (χ4n) is 4.51. The normalized spacial score (nSPS) is 26.8. The van der Waals surface area contributed by atoms with Crippen molar-refractivity contribution in [1.82, 2.24) is 4.90 Å². The topological polar surface area (TPSA) is 51.2 Å². The Morgan fingerprint density at radius 2 is 1.85 bits per heavy atom. The molecule has 0 aromatic heterocycles. The molecule has 5 heteroatoms. The van der Waals surface area contributed by atoms with Gasteiger partial charge in [-0.2, -0.15) is 0 Å². The Labute approximate surface area is 157 Å². The maximum atomic E-state index is 9.67. The van der Waals surface area contributed by atoms with Crippen molar-refractivity contribution < 1.29 is 19.3 Å². The number of ether oxygens (including phenoxy) is 3. The van der Waals surface area contributed by atoms with Crippen molar-refractivity contribution in [3.8, 4) is 11.5 Å². The van der Waals surface area contributed by atoms with Gasteiger partial charge in [-0.1, -0.05) is 18.9 Å². The fourth-order valence-corrected chi connectivity index (χ4v) is 4.51. The number of nitrogens with zero attached hydrogens (tertiary/aromatic N) is 1. The molecule has 0 amide bonds. The molecule has 3 rings (SSSR count). The Hall–Kier alpha value is -1.30. The van der Waals surface area contributed by atoms with E-state index in [1.165, 1.54) is 31.2 Å². The standard InChI is InChI=1S/C21H33NO4/c1-24-20-10-9-16(14-21(20)25-2)11-13-26-19-8-4-3-7-18(19)22-12-5-6-17(22)15-23/h9-10,14,17-19,23H,3-8,11-13,15H2,1-2H3/t17-,18?,19+/m1/s1. The van der Waals surface area contributed by atoms with E-state index in [0.717, 1.165) is 37.3 Å². The lowest BCUT2D eigenvalue weighted by Gasteiger charge is -2.40. The predicted molar refractivity (Wildman–Crippen MR) is 102 cm³/mol. The molecule has 3 atom stereocenters. The second-order valence-electron chi connectivity index (χ2n) is 7.42. The molecule has 1 aromatic carbocycles. The van der Waals surface area contributed by atoms with Crippen molar-refractivity contribution in [3.05, 3.63) is 23.8 Å². The molecule has 0 radical (unpaired) electrons. The van der Waals surface area contributed by atoms with Crippen molar-refractivity contribution >= 4 is 0 Å². The van der Waals surface area contributed by atoms with Crippen LogP contribution in [0.25, 0.3) is 0 Å². The van der Waals surface area contributed by atoms with E-state index in [9.17, 15) is 5.11 Å². The molecule has 1 unspecified atom stereocenters. The lowest BCUT2D eigenvalue weighted by atomic mass is 9.90. The van der Waals surface area contributed by atoms with Crippen LogP contribution in [0.3, 0.4) is 0 Å². The van der Waals surface area contributed by atoms with Gasteiger partial charge in [-0.05, 0) is 56.3 Å². The van der Waals surface area contributed by atoms with E-state index in [2.05, 4.69) is 11.0 Å². The molecule has 26 heavy (non-hydrogen) atoms. The van der Waals surface area contributed by atoms with Crippen LogP contribution in [0.2, 0.25) is 0 Å². The van der Waals surface area contributed by atoms with Crippen LogP contribution < -0.4 is 9.47 Å². The van der Waals surface area contributed by atoms with Crippen LogP contribution in [0.15, 0.2) is 18.2 Å². The predicted octanol–water partition coefficient (Wildman–Crippen LogP) is 3.03. The van der Waals surface area contributed by atoms with Crippen molar-refractivity contribution in [2.45, 2.75) is 63.1 Å². The van der Waals surface area contributed by atoms with Crippen LogP contribution in [0, 0.1) is 0 Å². The summed E-state index contributed by atoms with van der Waals surface area (Å²) in [4.78, 5) is 2.51. The maximum absolute atomic E-state index is 9.67. The monoisotopic (exact) mass is 363 g/mol. The van der Waals surface area contributed by atoms with Gasteiger partial charge in [0.2, 0.25) is 0 Å². The zero-order valence-corrected chi connectivity index (χ0v) is 16.2. The SMILES string of the molecule is COc1ccc(CCO[C@H]2CCCCC2N2CCC[C@@H]2CO)cc1OC. The van der Waals surface area contributed by atoms with Crippen LogP contribution in [-0.4, -0.2) is 62.2 Å². The number of aliphatic hydroxyl groups is 1. The third-order valence-corrected chi connectivity index (χ3v) is 5.90. The molecule has 0 bridgehead atoms. The minimum Gasteiger partial charge on any atom is -0.493 e. The molecule has 0 spiro atoms. The van der Waals surface area contributed by atoms with Crippen molar-refractivity contribution in [3.63, 3.8) is 0 Å². The second kappa shape index (κ2) is 9.58. The van der Waals surface area contributed by atoms with Gasteiger partial charge in [-0.3, -0.25) is 4.90 Å². The summed E-state index contributed by atoms with van der Waals surface area (Å²) in [5.74, 6) is 1.52. The van der Waals surface area contributed by atoms with E-state index in [4.69, 9.17) is 14.2 Å². The smallest absolute Gasteiger partial charge is 0.160 e. The molecule has 2 aliphatic rings. The number of rotatable bonds is 8. The summed E-state index contributed by atoms with van der Waals surface area (Å²) in [6, 6.07) is 6.85. The van der Waals surface area contributed by atoms with Gasteiger partial charge in [0.05, 0.1) is 33.5 Å². The van der Waals surface area contributed by atoms with Gasteiger partial charge in [0, 0.05) is 12.1 Å². The van der Waals surface area contributed by atoms with Crippen molar-refractivity contribution in [1.29, 1.82) is 0 Å². The molecular weight excluding hydrogens is 330 g/mol. The van der Waals surface area contributed by atoms with Gasteiger partial charge in [-0.25, -0.2) is 0 Å². The van der Waals surface area contributed by atoms with Gasteiger partial charge < -0.3 is 19.3 Å². The van der Waals surface area contributed by atoms with E-state index in [0.29, 0.717) is 18.7 Å². The van der Waals surface area contributed by atoms with E-state index in [1.54, 1.807) is 14.2 Å². The van der Waals surface area contributed by atoms with Crippen LogP contribution >= 0.6 is 0 Å². The van der Waals surface area contributed by atoms with E-state index >= 15 is 0 Å². The van der Waals surface area contributed by atoms with Crippen molar-refractivity contribution in [2.75, 3.05) is 34.0 Å². The third-order valence-electron chi connectivity index (χ3n) is 5.90. The van der Waals surface area contributed by atoms with Gasteiger partial charge in [0.25, 0.3) is 0 Å². The summed E-state index contributed by atoms with van der Waals surface area (Å²) in [6.07, 6.45) is 8.31. The molecule has 1 N–H and O–H groups in total. The van der Waals surface area contributed by atoms with Gasteiger partial charge in [0.15, 0.2) is 11.5 Å². The maximum Gasteiger partial charge on any atom is 0.160 e. The fraction of sp³-hybridized carbons (Fsp3) is 0.714. The first-order chi connectivity index (χ1) is 12.8. The molecule has 1 heterocycles. The molecule has 1 saturated heterocycles. The quantitative estimate of drug-likeness (QED) is 0.769. The number of hydrogen-bond acceptors (Lipinski definition) is 5. The number of methoxy groups -OCH3 is 2. The molecule has 5 nitrogen and oxygen atoms in total. The summed E-state index contributed by atoms with van der Waals surface area (Å²) in [5, 5.41) is 9.67. The third kappa shape index (κ3) is 4.51. The molecule has 1 saturated carbocycles. The zero-order valence-electron chi connectivity index (χ0n) is 16.2. The highest BCUT2D eigenvalue weighted by Gasteiger charge is 2.36. The summed E-state index contributed by atoms with van der Waals surface area (Å²) in [6.45, 7) is 2.09. The molecule has 1 aliphatic heterocycles. The van der Waals surface area contributed by atoms with Gasteiger partial charge in [-0.15, -0.1) is 0 Å². The first kappa shape index (κ1) is 19.5. The van der Waals surface area contributed by atoms with E-state index in [-0.39, 0.29) is 12.7 Å². The Bertz CT molecular complexity index is 565. The van der Waals surface area contributed by atoms with Crippen molar-refractivity contribution in [2.24, 2.45) is 0 Å². The minimum absolute atomic E-state index is 0.273. The van der Waals surface area contributed by atoms with Gasteiger partial charge >= 0.3 is 0 Å². The van der Waals surface area contributed by atoms with Crippen LogP contribution in [0.5, 0.6) is 11.5 Å². The Balaban J connectivity index is 1.55. The highest BCUT2D eigenvalue weighted by atomic mass is 16.5. The number of likely N-dealkylation sites (tertiary alicyclic amines) is 1. The van der Waals surface area contributed by atoms with Crippen LogP contribution in [0.1, 0.15) is 44.1 Å². The highest BCUT2D eigenvalue weighted by Crippen LogP contribution is 2.31. The molecule has 1 aliphatic carbocycles. The van der Waals surface area contributed by atoms with E-state index in [1.807, 2.05) is 12.1 Å². The lowest BCUT2D eigenvalue weighted by molar-refractivity contribution is -0.0442. The minimum atomic E-state index is 0.273. The van der Waals surface area contributed by atoms with Crippen LogP contribution in [-0.2, 0) is 11.2 Å². The summed E-state index contributed by atoms with van der Waals surface area (Å²) in [7, 11) is 3.32. The number of benzene rings is 1. The summed E-state index contributed by atoms with van der Waals surface area (Å²) in [5.41, 5.74) is 1.20. The highest BCUT2D eigenvalue weighted by molar-refractivity contribution is 5.42. The average molecular weight is 363 g/mol. The molecular formula is C21H33NO4. The molecule has 2 fully saturated rings. The molecule has 146 valence electrons. The summed E-state index contributed by atoms with van der Waals surface area (Å²) < 4.78 is 17.0. The largest absolute Gasteiger partial charge is 0.493 e. The molecule has 1 aromatic rings. The Kier molecular flexibility index (Phi) is 7.17. The zero-order chi connectivity index (χ0) is 18.4. The lowest BCUT2D eigenvalue weighted by Crippen LogP contribution is -2.49. The first-order valence-electron chi connectivity index (χ1n) is 9.96. The Morgan fingerprint density at radius 1 is 1.04 bits per heavy atom. The summed E-state index contributed by atoms with van der Waals surface area (Å²) >= 11 is 0. The Morgan fingerprint density at radius 3 is 2.62 bits per heavy atom. The average Bonchev–Trinajstić information content (AvgIpc) is 3.16. The number of hydrogen-bond donors (Lipinski definition) is 1. The number of aliphatic hydroxyl groups excluding tert-OH is 1. The first-order valence-corrected chi connectivity index (χ1v) is 9.96. The second-order valence-corrected chi connectivity index (χ2v) is 7.42. The van der Waals surface area contributed by atoms with E-state index < -0.39 is 0 Å². The van der Waals surface area contributed by atoms with Gasteiger partial charge in [0.1, 0.15) is 0 Å². The van der Waals surface area contributed by atoms with Crippen LogP contribution in [0.4, 0.5) is 0 Å².